The molecule has 9 nitrogen and oxygen atoms in total. The highest BCUT2D eigenvalue weighted by Crippen LogP contribution is 2.01. The van der Waals surface area contributed by atoms with Crippen LogP contribution in [0.25, 0.3) is 0 Å². The van der Waals surface area contributed by atoms with E-state index >= 15 is 0 Å². The van der Waals surface area contributed by atoms with Gasteiger partial charge in [-0.3, -0.25) is 4.79 Å². The van der Waals surface area contributed by atoms with Crippen LogP contribution in [0.5, 0.6) is 0 Å². The van der Waals surface area contributed by atoms with Crippen LogP contribution in [0.2, 0.25) is 0 Å². The summed E-state index contributed by atoms with van der Waals surface area (Å²) in [6.45, 7) is 5.33. The van der Waals surface area contributed by atoms with Gasteiger partial charge in [0.2, 0.25) is 0 Å². The van der Waals surface area contributed by atoms with E-state index in [1.54, 1.807) is 0 Å². The van der Waals surface area contributed by atoms with E-state index in [1.165, 1.54) is 6.92 Å². The van der Waals surface area contributed by atoms with E-state index in [2.05, 4.69) is 11.1 Å². The van der Waals surface area contributed by atoms with Crippen LogP contribution in [0, 0.1) is 5.92 Å². The van der Waals surface area contributed by atoms with Crippen LogP contribution < -0.4 is 16.2 Å². The number of rotatable bonds is 5. The van der Waals surface area contributed by atoms with Crippen molar-refractivity contribution in [3.05, 3.63) is 0 Å². The number of carboxylic acids is 1. The number of hydrogen-bond donors (Lipinski definition) is 2. The molecule has 1 amide bonds. The number of quaternary nitrogens is 1. The number of aliphatic carboxylic acids is 1. The molecule has 18 heavy (non-hydrogen) atoms. The molecule has 0 aromatic carbocycles. The lowest BCUT2D eigenvalue weighted by Crippen LogP contribution is -2.69. The lowest BCUT2D eigenvalue weighted by molar-refractivity contribution is -0.406. The molecule has 0 radical (unpaired) electrons. The highest BCUT2D eigenvalue weighted by Gasteiger charge is 2.20. The first kappa shape index (κ1) is 30.1. The number of carbonyl (C=O) groups excluding carboxylic acids is 2. The first-order valence-corrected chi connectivity index (χ1v) is 4.69. The van der Waals surface area contributed by atoms with E-state index in [9.17, 15) is 14.7 Å². The van der Waals surface area contributed by atoms with Crippen molar-refractivity contribution < 1.29 is 42.3 Å². The summed E-state index contributed by atoms with van der Waals surface area (Å²) in [6, 6.07) is -1.37. The molecule has 0 fully saturated rings. The Bertz CT molecular complexity index is 223. The summed E-state index contributed by atoms with van der Waals surface area (Å²) in [5.41, 5.74) is 3.67. The fourth-order valence-corrected chi connectivity index (χ4v) is 1.07. The molecule has 0 aliphatic rings. The van der Waals surface area contributed by atoms with E-state index in [1.807, 2.05) is 13.8 Å². The molecule has 9 heteroatoms. The van der Waals surface area contributed by atoms with E-state index in [-0.39, 0.29) is 27.8 Å². The van der Waals surface area contributed by atoms with Gasteiger partial charge in [0.05, 0.1) is 12.0 Å². The number of carboxylic acid groups (broad SMARTS) is 1. The molecule has 0 heterocycles. The van der Waals surface area contributed by atoms with E-state index in [0.717, 1.165) is 0 Å². The minimum atomic E-state index is -1.28. The number of amides is 1. The quantitative estimate of drug-likeness (QED) is 0.500. The van der Waals surface area contributed by atoms with Gasteiger partial charge in [-0.25, -0.2) is 0 Å². The van der Waals surface area contributed by atoms with Gasteiger partial charge < -0.3 is 42.9 Å². The van der Waals surface area contributed by atoms with Crippen molar-refractivity contribution in [2.75, 3.05) is 0 Å². The monoisotopic (exact) mass is 274 g/mol. The highest BCUT2D eigenvalue weighted by atomic mass is 16.4. The Morgan fingerprint density at radius 2 is 1.50 bits per heavy atom. The van der Waals surface area contributed by atoms with E-state index in [0.29, 0.717) is 12.3 Å². The molecule has 114 valence electrons. The summed E-state index contributed by atoms with van der Waals surface area (Å²) in [5, 5.41) is 12.7. The molecule has 0 aliphatic heterocycles. The van der Waals surface area contributed by atoms with Gasteiger partial charge in [-0.05, 0) is 12.8 Å². The summed E-state index contributed by atoms with van der Waals surface area (Å²) in [5.74, 6) is -1.26. The Balaban J connectivity index is -0.000000141. The fourth-order valence-electron chi connectivity index (χ4n) is 1.07. The number of hydrogen-bond acceptors (Lipinski definition) is 3. The Morgan fingerprint density at radius 1 is 1.11 bits per heavy atom. The second-order valence-corrected chi connectivity index (χ2v) is 3.88. The zero-order valence-corrected chi connectivity index (χ0v) is 10.9. The standard InChI is InChI=1S/C9H18N2O3.4H2O/c1-5(2)4-7(10)8(12)11-6(3)9(13)14;;;;/h5-7H,4,10H2,1-3H3,(H,11,12)(H,13,14);4*1H2/t6-,7-;;;;/m0..../s1. The molecule has 0 saturated heterocycles. The minimum absolute atomic E-state index is 0. The molecule has 0 bridgehead atoms. The predicted molar refractivity (Wildman–Crippen MR) is 63.2 cm³/mol. The zero-order chi connectivity index (χ0) is 11.3. The molecule has 0 rings (SSSR count). The van der Waals surface area contributed by atoms with Gasteiger partial charge in [0, 0.05) is 6.42 Å². The first-order valence-electron chi connectivity index (χ1n) is 4.69. The minimum Gasteiger partial charge on any atom is -0.548 e. The average molecular weight is 274 g/mol. The maximum atomic E-state index is 11.3. The van der Waals surface area contributed by atoms with Crippen molar-refractivity contribution in [1.29, 1.82) is 0 Å². The second-order valence-electron chi connectivity index (χ2n) is 3.88. The Hall–Kier alpha value is -1.26. The van der Waals surface area contributed by atoms with Crippen LogP contribution >= 0.6 is 0 Å². The summed E-state index contributed by atoms with van der Waals surface area (Å²) in [4.78, 5) is 21.7. The summed E-state index contributed by atoms with van der Waals surface area (Å²) < 4.78 is 0. The van der Waals surface area contributed by atoms with Crippen LogP contribution in [0.4, 0.5) is 0 Å². The average Bonchev–Trinajstić information content (AvgIpc) is 2.02. The van der Waals surface area contributed by atoms with Crippen molar-refractivity contribution in [2.45, 2.75) is 39.3 Å². The SMILES string of the molecule is CC(C)C[C@H]([NH3+])C(=O)N[C@@H](C)C(=O)[O-].O.O.O.O. The normalized spacial score (nSPS) is 11.6. The Morgan fingerprint density at radius 3 is 1.78 bits per heavy atom. The largest absolute Gasteiger partial charge is 0.548 e. The van der Waals surface area contributed by atoms with Gasteiger partial charge in [0.25, 0.3) is 5.91 Å². The predicted octanol–water partition coefficient (Wildman–Crippen LogP) is -5.40. The van der Waals surface area contributed by atoms with Gasteiger partial charge >= 0.3 is 0 Å². The van der Waals surface area contributed by atoms with Crippen molar-refractivity contribution in [3.8, 4) is 0 Å². The first-order chi connectivity index (χ1) is 6.34. The summed E-state index contributed by atoms with van der Waals surface area (Å²) in [6.07, 6.45) is 0.644. The molecule has 2 atom stereocenters. The molecule has 0 aliphatic carbocycles. The van der Waals surface area contributed by atoms with Gasteiger partial charge in [-0.1, -0.05) is 13.8 Å². The van der Waals surface area contributed by atoms with Crippen molar-refractivity contribution in [1.82, 2.24) is 5.32 Å². The smallest absolute Gasteiger partial charge is 0.278 e. The lowest BCUT2D eigenvalue weighted by Gasteiger charge is -2.17. The maximum absolute atomic E-state index is 11.3. The third-order valence-electron chi connectivity index (χ3n) is 1.84. The highest BCUT2D eigenvalue weighted by molar-refractivity contribution is 5.84. The zero-order valence-electron chi connectivity index (χ0n) is 10.9. The fraction of sp³-hybridized carbons (Fsp3) is 0.778. The van der Waals surface area contributed by atoms with Crippen molar-refractivity contribution in [2.24, 2.45) is 5.92 Å². The van der Waals surface area contributed by atoms with Crippen molar-refractivity contribution in [3.63, 3.8) is 0 Å². The van der Waals surface area contributed by atoms with Crippen LogP contribution in [0.1, 0.15) is 27.2 Å². The van der Waals surface area contributed by atoms with Gasteiger partial charge in [-0.2, -0.15) is 0 Å². The van der Waals surface area contributed by atoms with E-state index < -0.39 is 18.1 Å². The second kappa shape index (κ2) is 13.8. The number of nitrogens with one attached hydrogen (secondary N) is 1. The summed E-state index contributed by atoms with van der Waals surface area (Å²) >= 11 is 0. The van der Waals surface area contributed by atoms with Gasteiger partial charge in [-0.15, -0.1) is 0 Å². The maximum Gasteiger partial charge on any atom is 0.278 e. The third kappa shape index (κ3) is 12.8. The third-order valence-corrected chi connectivity index (χ3v) is 1.84. The topological polar surface area (TPSA) is 223 Å². The van der Waals surface area contributed by atoms with Gasteiger partial charge in [0.1, 0.15) is 0 Å². The Labute approximate surface area is 106 Å². The molecule has 0 aromatic rings. The lowest BCUT2D eigenvalue weighted by atomic mass is 10.0. The molecule has 0 spiro atoms. The van der Waals surface area contributed by atoms with Crippen LogP contribution in [-0.2, 0) is 9.59 Å². The molecule has 0 unspecified atom stereocenters. The van der Waals surface area contributed by atoms with Crippen LogP contribution in [0.3, 0.4) is 0 Å². The molecule has 0 aromatic heterocycles. The van der Waals surface area contributed by atoms with Gasteiger partial charge in [0.15, 0.2) is 6.04 Å². The molecule has 0 saturated carbocycles. The Kier molecular flexibility index (Phi) is 23.1. The molecule has 12 N–H and O–H groups in total. The van der Waals surface area contributed by atoms with Crippen LogP contribution in [0.15, 0.2) is 0 Å². The van der Waals surface area contributed by atoms with E-state index in [4.69, 9.17) is 0 Å². The van der Waals surface area contributed by atoms with Crippen LogP contribution in [-0.4, -0.2) is 45.9 Å². The van der Waals surface area contributed by atoms with Crippen molar-refractivity contribution >= 4 is 11.9 Å². The molecular weight excluding hydrogens is 248 g/mol. The number of carbonyl (C=O) groups is 2. The molecular formula is C9H26N2O7. The summed E-state index contributed by atoms with van der Waals surface area (Å²) in [7, 11) is 0.